The van der Waals surface area contributed by atoms with Crippen molar-refractivity contribution in [2.45, 2.75) is 36.6 Å². The number of nitrogens with zero attached hydrogens (tertiary/aromatic N) is 1. The number of hydrogen-bond acceptors (Lipinski definition) is 3. The van der Waals surface area contributed by atoms with Gasteiger partial charge in [-0.1, -0.05) is 19.1 Å². The van der Waals surface area contributed by atoms with E-state index in [1.807, 2.05) is 28.8 Å². The number of benzene rings is 1. The van der Waals surface area contributed by atoms with Gasteiger partial charge in [-0.3, -0.25) is 4.79 Å². The van der Waals surface area contributed by atoms with Gasteiger partial charge in [0.15, 0.2) is 0 Å². The Morgan fingerprint density at radius 3 is 3.05 bits per heavy atom. The van der Waals surface area contributed by atoms with Gasteiger partial charge >= 0.3 is 0 Å². The van der Waals surface area contributed by atoms with E-state index in [1.54, 1.807) is 0 Å². The molecule has 0 radical (unpaired) electrons. The SMILES string of the molecule is CCC1(C(=O)N2CCSc3ccccc32)CCCN1. The largest absolute Gasteiger partial charge is 0.309 e. The molecule has 0 saturated carbocycles. The zero-order chi connectivity index (χ0) is 13.3. The van der Waals surface area contributed by atoms with Gasteiger partial charge in [-0.15, -0.1) is 11.8 Å². The lowest BCUT2D eigenvalue weighted by atomic mass is 9.92. The summed E-state index contributed by atoms with van der Waals surface area (Å²) >= 11 is 1.84. The molecule has 2 aliphatic rings. The fourth-order valence-electron chi connectivity index (χ4n) is 3.08. The van der Waals surface area contributed by atoms with Crippen LogP contribution in [0.15, 0.2) is 29.2 Å². The molecule has 1 unspecified atom stereocenters. The minimum Gasteiger partial charge on any atom is -0.309 e. The monoisotopic (exact) mass is 276 g/mol. The summed E-state index contributed by atoms with van der Waals surface area (Å²) in [7, 11) is 0. The highest BCUT2D eigenvalue weighted by atomic mass is 32.2. The first-order chi connectivity index (χ1) is 9.27. The first-order valence-electron chi connectivity index (χ1n) is 7.06. The average molecular weight is 276 g/mol. The molecule has 4 heteroatoms. The molecule has 1 aromatic rings. The molecule has 2 aliphatic heterocycles. The molecule has 1 N–H and O–H groups in total. The van der Waals surface area contributed by atoms with Crippen LogP contribution in [0.25, 0.3) is 0 Å². The van der Waals surface area contributed by atoms with E-state index in [2.05, 4.69) is 24.4 Å². The Morgan fingerprint density at radius 2 is 2.32 bits per heavy atom. The molecule has 0 bridgehead atoms. The Hall–Kier alpha value is -1.00. The third-order valence-electron chi connectivity index (χ3n) is 4.23. The summed E-state index contributed by atoms with van der Waals surface area (Å²) in [5.74, 6) is 1.25. The Kier molecular flexibility index (Phi) is 3.54. The number of carbonyl (C=O) groups excluding carboxylic acids is 1. The molecular weight excluding hydrogens is 256 g/mol. The second-order valence-electron chi connectivity index (χ2n) is 5.24. The maximum atomic E-state index is 13.0. The summed E-state index contributed by atoms with van der Waals surface area (Å²) in [6, 6.07) is 8.24. The van der Waals surface area contributed by atoms with Crippen LogP contribution >= 0.6 is 11.8 Å². The van der Waals surface area contributed by atoms with Crippen molar-refractivity contribution in [2.24, 2.45) is 0 Å². The number of thioether (sulfide) groups is 1. The molecular formula is C15H20N2OS. The number of rotatable bonds is 2. The first kappa shape index (κ1) is 13.0. The fourth-order valence-corrected chi connectivity index (χ4v) is 4.08. The van der Waals surface area contributed by atoms with Gasteiger partial charge in [0.25, 0.3) is 0 Å². The summed E-state index contributed by atoms with van der Waals surface area (Å²) in [4.78, 5) is 16.2. The van der Waals surface area contributed by atoms with Gasteiger partial charge in [0.05, 0.1) is 11.2 Å². The van der Waals surface area contributed by atoms with Crippen LogP contribution in [0.1, 0.15) is 26.2 Å². The summed E-state index contributed by atoms with van der Waals surface area (Å²) < 4.78 is 0. The van der Waals surface area contributed by atoms with E-state index in [0.717, 1.165) is 43.8 Å². The second kappa shape index (κ2) is 5.17. The van der Waals surface area contributed by atoms with Crippen molar-refractivity contribution < 1.29 is 4.79 Å². The third-order valence-corrected chi connectivity index (χ3v) is 5.27. The van der Waals surface area contributed by atoms with Crippen molar-refractivity contribution >= 4 is 23.4 Å². The van der Waals surface area contributed by atoms with Crippen LogP contribution in [-0.2, 0) is 4.79 Å². The van der Waals surface area contributed by atoms with Crippen molar-refractivity contribution in [3.63, 3.8) is 0 Å². The quantitative estimate of drug-likeness (QED) is 0.901. The van der Waals surface area contributed by atoms with E-state index in [4.69, 9.17) is 0 Å². The van der Waals surface area contributed by atoms with Gasteiger partial charge in [0.2, 0.25) is 5.91 Å². The van der Waals surface area contributed by atoms with Crippen molar-refractivity contribution in [1.29, 1.82) is 0 Å². The first-order valence-corrected chi connectivity index (χ1v) is 8.04. The summed E-state index contributed by atoms with van der Waals surface area (Å²) in [6.45, 7) is 3.90. The molecule has 1 atom stereocenters. The lowest BCUT2D eigenvalue weighted by molar-refractivity contribution is -0.124. The lowest BCUT2D eigenvalue weighted by Crippen LogP contribution is -2.55. The van der Waals surface area contributed by atoms with Crippen LogP contribution in [-0.4, -0.2) is 30.3 Å². The predicted octanol–water partition coefficient (Wildman–Crippen LogP) is 2.66. The van der Waals surface area contributed by atoms with Crippen LogP contribution in [0, 0.1) is 0 Å². The molecule has 3 rings (SSSR count). The normalized spacial score (nSPS) is 26.3. The third kappa shape index (κ3) is 2.17. The molecule has 3 nitrogen and oxygen atoms in total. The summed E-state index contributed by atoms with van der Waals surface area (Å²) in [5, 5.41) is 3.45. The molecule has 102 valence electrons. The Bertz CT molecular complexity index is 483. The number of carbonyl (C=O) groups is 1. The molecule has 2 heterocycles. The van der Waals surface area contributed by atoms with Crippen molar-refractivity contribution in [1.82, 2.24) is 5.32 Å². The highest BCUT2D eigenvalue weighted by molar-refractivity contribution is 7.99. The number of amides is 1. The Balaban J connectivity index is 1.93. The lowest BCUT2D eigenvalue weighted by Gasteiger charge is -2.36. The van der Waals surface area contributed by atoms with E-state index >= 15 is 0 Å². The smallest absolute Gasteiger partial charge is 0.247 e. The fraction of sp³-hybridized carbons (Fsp3) is 0.533. The van der Waals surface area contributed by atoms with Crippen LogP contribution < -0.4 is 10.2 Å². The maximum absolute atomic E-state index is 13.0. The molecule has 1 aromatic carbocycles. The van der Waals surface area contributed by atoms with Crippen LogP contribution in [0.5, 0.6) is 0 Å². The van der Waals surface area contributed by atoms with Crippen molar-refractivity contribution in [3.05, 3.63) is 24.3 Å². The number of para-hydroxylation sites is 1. The molecule has 0 aliphatic carbocycles. The van der Waals surface area contributed by atoms with Crippen molar-refractivity contribution in [2.75, 3.05) is 23.7 Å². The van der Waals surface area contributed by atoms with Gasteiger partial charge in [-0.05, 0) is 37.9 Å². The molecule has 0 aromatic heterocycles. The van der Waals surface area contributed by atoms with Gasteiger partial charge in [-0.25, -0.2) is 0 Å². The van der Waals surface area contributed by atoms with E-state index < -0.39 is 0 Å². The summed E-state index contributed by atoms with van der Waals surface area (Å²) in [5.41, 5.74) is 0.764. The minimum atomic E-state index is -0.324. The van der Waals surface area contributed by atoms with Crippen molar-refractivity contribution in [3.8, 4) is 0 Å². The molecule has 1 amide bonds. The highest BCUT2D eigenvalue weighted by Crippen LogP contribution is 2.37. The van der Waals surface area contributed by atoms with Crippen LogP contribution in [0.2, 0.25) is 0 Å². The molecule has 0 spiro atoms. The van der Waals surface area contributed by atoms with E-state index in [9.17, 15) is 4.79 Å². The predicted molar refractivity (Wildman–Crippen MR) is 79.8 cm³/mol. The highest BCUT2D eigenvalue weighted by Gasteiger charge is 2.42. The molecule has 19 heavy (non-hydrogen) atoms. The second-order valence-corrected chi connectivity index (χ2v) is 6.38. The standard InChI is InChI=1S/C15H20N2OS/c1-2-15(8-5-9-16-15)14(18)17-10-11-19-13-7-4-3-6-12(13)17/h3-4,6-7,16H,2,5,8-11H2,1H3. The van der Waals surface area contributed by atoms with Gasteiger partial charge in [0.1, 0.15) is 0 Å². The topological polar surface area (TPSA) is 32.3 Å². The van der Waals surface area contributed by atoms with Gasteiger partial charge < -0.3 is 10.2 Å². The van der Waals surface area contributed by atoms with E-state index in [0.29, 0.717) is 0 Å². The van der Waals surface area contributed by atoms with Gasteiger partial charge in [0, 0.05) is 17.2 Å². The zero-order valence-electron chi connectivity index (χ0n) is 11.3. The zero-order valence-corrected chi connectivity index (χ0v) is 12.1. The van der Waals surface area contributed by atoms with E-state index in [-0.39, 0.29) is 11.4 Å². The number of anilines is 1. The number of fused-ring (bicyclic) bond motifs is 1. The van der Waals surface area contributed by atoms with E-state index in [1.165, 1.54) is 4.90 Å². The Morgan fingerprint density at radius 1 is 1.47 bits per heavy atom. The van der Waals surface area contributed by atoms with Gasteiger partial charge in [-0.2, -0.15) is 0 Å². The number of nitrogens with one attached hydrogen (secondary N) is 1. The molecule has 1 saturated heterocycles. The van der Waals surface area contributed by atoms with Crippen LogP contribution in [0.4, 0.5) is 5.69 Å². The van der Waals surface area contributed by atoms with Crippen LogP contribution in [0.3, 0.4) is 0 Å². The summed E-state index contributed by atoms with van der Waals surface area (Å²) in [6.07, 6.45) is 2.94. The maximum Gasteiger partial charge on any atom is 0.247 e. The Labute approximate surface area is 118 Å². The average Bonchev–Trinajstić information content (AvgIpc) is 2.96. The molecule has 1 fully saturated rings. The number of hydrogen-bond donors (Lipinski definition) is 1. The minimum absolute atomic E-state index is 0.264.